The van der Waals surface area contributed by atoms with E-state index in [0.717, 1.165) is 23.2 Å². The second-order valence-electron chi connectivity index (χ2n) is 8.55. The van der Waals surface area contributed by atoms with E-state index in [-0.39, 0.29) is 30.1 Å². The van der Waals surface area contributed by atoms with Crippen molar-refractivity contribution in [2.45, 2.75) is 37.5 Å². The zero-order chi connectivity index (χ0) is 22.2. The molecule has 0 bridgehead atoms. The van der Waals surface area contributed by atoms with E-state index >= 15 is 0 Å². The Balaban J connectivity index is 1.49. The molecule has 4 rings (SSSR count). The standard InChI is InChI=1S/C23H27ClN2O4S/c1-16-14-25(9-10-26(16)31(29,30)15-17-5-3-2-4-6-17)22-13-19(24)7-8-20(22)21-11-18(21)12-23(27)28/h2-8,13,16,18,21H,9-12,14-15H2,1H3,(H,27,28)/t16-,18+,21-/m1/s1. The Morgan fingerprint density at radius 1 is 1.16 bits per heavy atom. The summed E-state index contributed by atoms with van der Waals surface area (Å²) in [7, 11) is -3.42. The minimum atomic E-state index is -3.42. The summed E-state index contributed by atoms with van der Waals surface area (Å²) in [5.41, 5.74) is 2.90. The Labute approximate surface area is 188 Å². The first-order valence-electron chi connectivity index (χ1n) is 10.5. The molecule has 6 nitrogen and oxygen atoms in total. The Kier molecular flexibility index (Phi) is 6.28. The summed E-state index contributed by atoms with van der Waals surface area (Å²) in [6.45, 7) is 3.48. The van der Waals surface area contributed by atoms with Crippen LogP contribution in [0.3, 0.4) is 0 Å². The van der Waals surface area contributed by atoms with Crippen molar-refractivity contribution >= 4 is 33.3 Å². The lowest BCUT2D eigenvalue weighted by Gasteiger charge is -2.41. The first kappa shape index (κ1) is 22.1. The van der Waals surface area contributed by atoms with Gasteiger partial charge in [0.1, 0.15) is 0 Å². The van der Waals surface area contributed by atoms with E-state index in [9.17, 15) is 13.2 Å². The van der Waals surface area contributed by atoms with Crippen molar-refractivity contribution in [2.24, 2.45) is 5.92 Å². The predicted molar refractivity (Wildman–Crippen MR) is 122 cm³/mol. The largest absolute Gasteiger partial charge is 0.481 e. The number of piperazine rings is 1. The number of nitrogens with zero attached hydrogens (tertiary/aromatic N) is 2. The molecule has 0 unspecified atom stereocenters. The zero-order valence-corrected chi connectivity index (χ0v) is 19.0. The third-order valence-corrected chi connectivity index (χ3v) is 8.40. The molecule has 1 aliphatic carbocycles. The monoisotopic (exact) mass is 462 g/mol. The van der Waals surface area contributed by atoms with Crippen LogP contribution in [0.5, 0.6) is 0 Å². The molecular weight excluding hydrogens is 436 g/mol. The van der Waals surface area contributed by atoms with Gasteiger partial charge < -0.3 is 10.0 Å². The Bertz CT molecular complexity index is 1060. The maximum Gasteiger partial charge on any atom is 0.303 e. The van der Waals surface area contributed by atoms with Gasteiger partial charge in [0, 0.05) is 42.8 Å². The number of sulfonamides is 1. The highest BCUT2D eigenvalue weighted by Crippen LogP contribution is 2.52. The van der Waals surface area contributed by atoms with Gasteiger partial charge in [-0.1, -0.05) is 48.0 Å². The molecule has 3 atom stereocenters. The summed E-state index contributed by atoms with van der Waals surface area (Å²) in [5.74, 6) is -0.394. The van der Waals surface area contributed by atoms with Gasteiger partial charge in [-0.05, 0) is 48.4 Å². The van der Waals surface area contributed by atoms with Crippen LogP contribution in [0.25, 0.3) is 0 Å². The van der Waals surface area contributed by atoms with Crippen LogP contribution in [0.2, 0.25) is 5.02 Å². The van der Waals surface area contributed by atoms with Gasteiger partial charge in [0.2, 0.25) is 10.0 Å². The van der Waals surface area contributed by atoms with E-state index < -0.39 is 16.0 Å². The van der Waals surface area contributed by atoms with Gasteiger partial charge in [-0.2, -0.15) is 4.31 Å². The van der Waals surface area contributed by atoms with Crippen LogP contribution in [0, 0.1) is 5.92 Å². The molecule has 0 radical (unpaired) electrons. The van der Waals surface area contributed by atoms with E-state index in [1.54, 1.807) is 4.31 Å². The minimum absolute atomic E-state index is 0.000459. The normalized spacial score (nSPS) is 24.2. The fourth-order valence-corrected chi connectivity index (χ4v) is 6.54. The van der Waals surface area contributed by atoms with Gasteiger partial charge in [-0.3, -0.25) is 4.79 Å². The Morgan fingerprint density at radius 3 is 2.58 bits per heavy atom. The molecule has 0 spiro atoms. The second kappa shape index (κ2) is 8.81. The lowest BCUT2D eigenvalue weighted by atomic mass is 10.0. The molecular formula is C23H27ClN2O4S. The zero-order valence-electron chi connectivity index (χ0n) is 17.4. The number of rotatable bonds is 7. The first-order chi connectivity index (χ1) is 14.7. The molecule has 1 aliphatic heterocycles. The Morgan fingerprint density at radius 2 is 1.90 bits per heavy atom. The van der Waals surface area contributed by atoms with Crippen LogP contribution < -0.4 is 4.90 Å². The molecule has 0 aromatic heterocycles. The summed E-state index contributed by atoms with van der Waals surface area (Å²) >= 11 is 6.28. The van der Waals surface area contributed by atoms with Gasteiger partial charge in [-0.15, -0.1) is 0 Å². The van der Waals surface area contributed by atoms with Crippen LogP contribution in [0.15, 0.2) is 48.5 Å². The van der Waals surface area contributed by atoms with Crippen molar-refractivity contribution in [3.63, 3.8) is 0 Å². The molecule has 1 heterocycles. The number of aliphatic carboxylic acids is 1. The smallest absolute Gasteiger partial charge is 0.303 e. The molecule has 1 saturated carbocycles. The van der Waals surface area contributed by atoms with Gasteiger partial charge in [-0.25, -0.2) is 8.42 Å². The average Bonchev–Trinajstić information content (AvgIpc) is 3.46. The van der Waals surface area contributed by atoms with Gasteiger partial charge in [0.05, 0.1) is 5.75 Å². The van der Waals surface area contributed by atoms with E-state index in [4.69, 9.17) is 16.7 Å². The predicted octanol–water partition coefficient (Wildman–Crippen LogP) is 3.96. The van der Waals surface area contributed by atoms with E-state index in [1.807, 2.05) is 55.5 Å². The van der Waals surface area contributed by atoms with E-state index in [0.29, 0.717) is 24.7 Å². The molecule has 31 heavy (non-hydrogen) atoms. The highest BCUT2D eigenvalue weighted by molar-refractivity contribution is 7.88. The molecule has 2 aliphatic rings. The number of halogens is 1. The first-order valence-corrected chi connectivity index (χ1v) is 12.5. The molecule has 8 heteroatoms. The molecule has 2 aromatic rings. The van der Waals surface area contributed by atoms with Crippen LogP contribution >= 0.6 is 11.6 Å². The third kappa shape index (κ3) is 5.05. The van der Waals surface area contributed by atoms with E-state index in [2.05, 4.69) is 4.90 Å². The molecule has 166 valence electrons. The summed E-state index contributed by atoms with van der Waals surface area (Å²) in [6, 6.07) is 14.8. The molecule has 1 N–H and O–H groups in total. The maximum absolute atomic E-state index is 13.0. The average molecular weight is 463 g/mol. The second-order valence-corrected chi connectivity index (χ2v) is 10.9. The number of hydrogen-bond donors (Lipinski definition) is 1. The molecule has 1 saturated heterocycles. The summed E-state index contributed by atoms with van der Waals surface area (Å²) in [4.78, 5) is 13.3. The summed E-state index contributed by atoms with van der Waals surface area (Å²) < 4.78 is 27.7. The number of carbonyl (C=O) groups is 1. The van der Waals surface area contributed by atoms with Crippen molar-refractivity contribution in [1.82, 2.24) is 4.31 Å². The lowest BCUT2D eigenvalue weighted by molar-refractivity contribution is -0.137. The van der Waals surface area contributed by atoms with Crippen molar-refractivity contribution in [3.05, 3.63) is 64.7 Å². The van der Waals surface area contributed by atoms with Crippen molar-refractivity contribution in [1.29, 1.82) is 0 Å². The molecule has 2 fully saturated rings. The van der Waals surface area contributed by atoms with Crippen LogP contribution in [0.1, 0.15) is 36.8 Å². The summed E-state index contributed by atoms with van der Waals surface area (Å²) in [6.07, 6.45) is 1.04. The molecule has 0 amide bonds. The fraction of sp³-hybridized carbons (Fsp3) is 0.435. The fourth-order valence-electron chi connectivity index (χ4n) is 4.62. The van der Waals surface area contributed by atoms with Gasteiger partial charge >= 0.3 is 5.97 Å². The lowest BCUT2D eigenvalue weighted by Crippen LogP contribution is -2.54. The van der Waals surface area contributed by atoms with Crippen molar-refractivity contribution < 1.29 is 18.3 Å². The quantitative estimate of drug-likeness (QED) is 0.673. The maximum atomic E-state index is 13.0. The molecule has 2 aromatic carbocycles. The van der Waals surface area contributed by atoms with Crippen molar-refractivity contribution in [2.75, 3.05) is 24.5 Å². The SMILES string of the molecule is C[C@@H]1CN(c2cc(Cl)ccc2[C@@H]2C[C@H]2CC(=O)O)CCN1S(=O)(=O)Cc1ccccc1. The minimum Gasteiger partial charge on any atom is -0.481 e. The summed E-state index contributed by atoms with van der Waals surface area (Å²) in [5, 5.41) is 9.73. The van der Waals surface area contributed by atoms with Gasteiger partial charge in [0.15, 0.2) is 0 Å². The van der Waals surface area contributed by atoms with E-state index in [1.165, 1.54) is 0 Å². The van der Waals surface area contributed by atoms with Crippen LogP contribution in [-0.4, -0.2) is 49.5 Å². The number of benzene rings is 2. The number of carboxylic acids is 1. The van der Waals surface area contributed by atoms with Crippen molar-refractivity contribution in [3.8, 4) is 0 Å². The van der Waals surface area contributed by atoms with Crippen LogP contribution in [-0.2, 0) is 20.6 Å². The number of carboxylic acid groups (broad SMARTS) is 1. The number of hydrogen-bond acceptors (Lipinski definition) is 4. The topological polar surface area (TPSA) is 77.9 Å². The third-order valence-electron chi connectivity index (χ3n) is 6.21. The van der Waals surface area contributed by atoms with Crippen LogP contribution in [0.4, 0.5) is 5.69 Å². The number of anilines is 1. The Hall–Kier alpha value is -2.09. The highest BCUT2D eigenvalue weighted by Gasteiger charge is 2.42. The highest BCUT2D eigenvalue weighted by atomic mass is 35.5. The van der Waals surface area contributed by atoms with Gasteiger partial charge in [0.25, 0.3) is 0 Å².